The number of H-pyrrole nitrogens is 1. The SMILES string of the molecule is CNCc1c[nH]c2cc(Nc3ccc(Cl)nc3C(F)(F)F)ccc12. The molecule has 3 rings (SSSR count). The zero-order valence-electron chi connectivity index (χ0n) is 12.6. The van der Waals surface area contributed by atoms with E-state index in [9.17, 15) is 13.2 Å². The van der Waals surface area contributed by atoms with Crippen LogP contribution >= 0.6 is 11.6 Å². The number of hydrogen-bond acceptors (Lipinski definition) is 3. The fourth-order valence-electron chi connectivity index (χ4n) is 2.51. The first-order valence-electron chi connectivity index (χ1n) is 7.14. The molecule has 0 unspecified atom stereocenters. The summed E-state index contributed by atoms with van der Waals surface area (Å²) in [6, 6.07) is 7.92. The van der Waals surface area contributed by atoms with Crippen LogP contribution < -0.4 is 10.6 Å². The van der Waals surface area contributed by atoms with Crippen molar-refractivity contribution in [2.75, 3.05) is 12.4 Å². The van der Waals surface area contributed by atoms with Gasteiger partial charge in [0.25, 0.3) is 0 Å². The van der Waals surface area contributed by atoms with E-state index in [1.54, 1.807) is 12.1 Å². The van der Waals surface area contributed by atoms with Crippen molar-refractivity contribution < 1.29 is 13.2 Å². The number of aromatic amines is 1. The number of halogens is 4. The van der Waals surface area contributed by atoms with Gasteiger partial charge in [0, 0.05) is 29.3 Å². The van der Waals surface area contributed by atoms with Crippen molar-refractivity contribution in [1.82, 2.24) is 15.3 Å². The number of anilines is 2. The van der Waals surface area contributed by atoms with Crippen molar-refractivity contribution in [3.63, 3.8) is 0 Å². The Kier molecular flexibility index (Phi) is 4.38. The van der Waals surface area contributed by atoms with Crippen LogP contribution in [0.25, 0.3) is 10.9 Å². The normalized spacial score (nSPS) is 11.9. The maximum Gasteiger partial charge on any atom is 0.435 e. The Bertz CT molecular complexity index is 873. The third-order valence-corrected chi connectivity index (χ3v) is 3.75. The number of alkyl halides is 3. The summed E-state index contributed by atoms with van der Waals surface area (Å²) in [6.45, 7) is 0.700. The maximum atomic E-state index is 13.1. The average Bonchev–Trinajstić information content (AvgIpc) is 2.91. The van der Waals surface area contributed by atoms with Crippen LogP contribution in [-0.4, -0.2) is 17.0 Å². The fourth-order valence-corrected chi connectivity index (χ4v) is 2.66. The molecule has 3 aromatic rings. The minimum absolute atomic E-state index is 0.145. The molecule has 24 heavy (non-hydrogen) atoms. The van der Waals surface area contributed by atoms with Crippen molar-refractivity contribution in [3.8, 4) is 0 Å². The molecule has 0 fully saturated rings. The predicted octanol–water partition coefficient (Wildman–Crippen LogP) is 4.70. The Labute approximate surface area is 141 Å². The smallest absolute Gasteiger partial charge is 0.361 e. The van der Waals surface area contributed by atoms with E-state index < -0.39 is 11.9 Å². The molecule has 0 saturated heterocycles. The highest BCUT2D eigenvalue weighted by Gasteiger charge is 2.36. The Morgan fingerprint density at radius 3 is 2.71 bits per heavy atom. The molecule has 0 atom stereocenters. The molecule has 0 saturated carbocycles. The summed E-state index contributed by atoms with van der Waals surface area (Å²) in [5.41, 5.74) is 1.25. The summed E-state index contributed by atoms with van der Waals surface area (Å²) in [5, 5.41) is 6.64. The molecule has 2 aromatic heterocycles. The van der Waals surface area contributed by atoms with Gasteiger partial charge in [0.15, 0.2) is 5.69 Å². The molecule has 3 N–H and O–H groups in total. The van der Waals surface area contributed by atoms with Gasteiger partial charge in [-0.25, -0.2) is 4.98 Å². The van der Waals surface area contributed by atoms with Crippen LogP contribution in [0.5, 0.6) is 0 Å². The Hall–Kier alpha value is -2.25. The average molecular weight is 355 g/mol. The zero-order valence-corrected chi connectivity index (χ0v) is 13.4. The number of fused-ring (bicyclic) bond motifs is 1. The molecule has 4 nitrogen and oxygen atoms in total. The topological polar surface area (TPSA) is 52.7 Å². The summed E-state index contributed by atoms with van der Waals surface area (Å²) >= 11 is 5.59. The summed E-state index contributed by atoms with van der Waals surface area (Å²) in [6.07, 6.45) is -2.72. The molecule has 0 bridgehead atoms. The molecule has 0 spiro atoms. The van der Waals surface area contributed by atoms with Crippen molar-refractivity contribution in [3.05, 3.63) is 52.9 Å². The molecule has 0 aliphatic carbocycles. The molecule has 0 aliphatic heterocycles. The third kappa shape index (κ3) is 3.32. The van der Waals surface area contributed by atoms with Gasteiger partial charge >= 0.3 is 6.18 Å². The number of nitrogens with zero attached hydrogens (tertiary/aromatic N) is 1. The summed E-state index contributed by atoms with van der Waals surface area (Å²) in [7, 11) is 1.85. The highest BCUT2D eigenvalue weighted by atomic mass is 35.5. The largest absolute Gasteiger partial charge is 0.435 e. The number of rotatable bonds is 4. The number of hydrogen-bond donors (Lipinski definition) is 3. The zero-order chi connectivity index (χ0) is 17.3. The monoisotopic (exact) mass is 354 g/mol. The van der Waals surface area contributed by atoms with E-state index in [1.807, 2.05) is 19.3 Å². The summed E-state index contributed by atoms with van der Waals surface area (Å²) in [5.74, 6) is 0. The van der Waals surface area contributed by atoms with Gasteiger partial charge in [-0.1, -0.05) is 17.7 Å². The Balaban J connectivity index is 1.96. The fraction of sp³-hybridized carbons (Fsp3) is 0.188. The van der Waals surface area contributed by atoms with E-state index in [2.05, 4.69) is 20.6 Å². The van der Waals surface area contributed by atoms with Gasteiger partial charge in [-0.2, -0.15) is 13.2 Å². The van der Waals surface area contributed by atoms with Gasteiger partial charge < -0.3 is 15.6 Å². The first kappa shape index (κ1) is 16.6. The van der Waals surface area contributed by atoms with Crippen molar-refractivity contribution in [2.45, 2.75) is 12.7 Å². The number of pyridine rings is 1. The van der Waals surface area contributed by atoms with Gasteiger partial charge in [-0.3, -0.25) is 0 Å². The molecular formula is C16H14ClF3N4. The van der Waals surface area contributed by atoms with Gasteiger partial charge in [-0.05, 0) is 36.9 Å². The minimum atomic E-state index is -4.59. The van der Waals surface area contributed by atoms with E-state index in [0.29, 0.717) is 12.2 Å². The van der Waals surface area contributed by atoms with Gasteiger partial charge in [-0.15, -0.1) is 0 Å². The van der Waals surface area contributed by atoms with E-state index in [-0.39, 0.29) is 10.8 Å². The molecule has 0 amide bonds. The lowest BCUT2D eigenvalue weighted by Gasteiger charge is -2.14. The lowest BCUT2D eigenvalue weighted by molar-refractivity contribution is -0.140. The van der Waals surface area contributed by atoms with Crippen molar-refractivity contribution in [1.29, 1.82) is 0 Å². The molecule has 0 aliphatic rings. The third-order valence-electron chi connectivity index (χ3n) is 3.54. The van der Waals surface area contributed by atoms with Crippen LogP contribution in [0.15, 0.2) is 36.5 Å². The van der Waals surface area contributed by atoms with E-state index >= 15 is 0 Å². The molecule has 1 aromatic carbocycles. The maximum absolute atomic E-state index is 13.1. The van der Waals surface area contributed by atoms with Crippen molar-refractivity contribution in [2.24, 2.45) is 0 Å². The van der Waals surface area contributed by atoms with Crippen LogP contribution in [0.2, 0.25) is 5.15 Å². The van der Waals surface area contributed by atoms with Crippen LogP contribution in [0.4, 0.5) is 24.5 Å². The molecule has 126 valence electrons. The summed E-state index contributed by atoms with van der Waals surface area (Å²) < 4.78 is 39.3. The quantitative estimate of drug-likeness (QED) is 0.595. The summed E-state index contributed by atoms with van der Waals surface area (Å²) in [4.78, 5) is 6.51. The van der Waals surface area contributed by atoms with Gasteiger partial charge in [0.1, 0.15) is 5.15 Å². The number of benzene rings is 1. The lowest BCUT2D eigenvalue weighted by atomic mass is 10.1. The second-order valence-electron chi connectivity index (χ2n) is 5.26. The molecule has 2 heterocycles. The molecule has 8 heteroatoms. The van der Waals surface area contributed by atoms with Crippen LogP contribution in [0.3, 0.4) is 0 Å². The van der Waals surface area contributed by atoms with Crippen molar-refractivity contribution >= 4 is 33.9 Å². The minimum Gasteiger partial charge on any atom is -0.361 e. The molecular weight excluding hydrogens is 341 g/mol. The lowest BCUT2D eigenvalue weighted by Crippen LogP contribution is -2.11. The van der Waals surface area contributed by atoms with Crippen LogP contribution in [0.1, 0.15) is 11.3 Å². The first-order chi connectivity index (χ1) is 11.4. The van der Waals surface area contributed by atoms with E-state index in [1.165, 1.54) is 12.1 Å². The number of nitrogens with one attached hydrogen (secondary N) is 3. The molecule has 0 radical (unpaired) electrons. The van der Waals surface area contributed by atoms with E-state index in [0.717, 1.165) is 16.5 Å². The second-order valence-corrected chi connectivity index (χ2v) is 5.64. The predicted molar refractivity (Wildman–Crippen MR) is 88.6 cm³/mol. The Morgan fingerprint density at radius 2 is 2.00 bits per heavy atom. The van der Waals surface area contributed by atoms with Crippen LogP contribution in [-0.2, 0) is 12.7 Å². The first-order valence-corrected chi connectivity index (χ1v) is 7.51. The van der Waals surface area contributed by atoms with Gasteiger partial charge in [0.05, 0.1) is 5.69 Å². The highest BCUT2D eigenvalue weighted by molar-refractivity contribution is 6.29. The standard InChI is InChI=1S/C16H14ClF3N4/c1-21-7-9-8-22-13-6-10(2-3-11(9)13)23-12-4-5-14(17)24-15(12)16(18,19)20/h2-6,8,21-23H,7H2,1H3. The van der Waals surface area contributed by atoms with Gasteiger partial charge in [0.2, 0.25) is 0 Å². The highest BCUT2D eigenvalue weighted by Crippen LogP contribution is 2.36. The Morgan fingerprint density at radius 1 is 1.21 bits per heavy atom. The van der Waals surface area contributed by atoms with Crippen LogP contribution in [0, 0.1) is 0 Å². The van der Waals surface area contributed by atoms with E-state index in [4.69, 9.17) is 11.6 Å². The second kappa shape index (κ2) is 6.33. The number of aromatic nitrogens is 2.